The molecule has 2 unspecified atom stereocenters. The molecule has 4 aliphatic carbocycles. The molecular weight excluding hydrogens is 721 g/mol. The Bertz CT molecular complexity index is 2910. The van der Waals surface area contributed by atoms with Crippen LogP contribution in [0.25, 0.3) is 22.8 Å². The lowest BCUT2D eigenvalue weighted by Gasteiger charge is -2.45. The van der Waals surface area contributed by atoms with E-state index in [0.29, 0.717) is 0 Å². The van der Waals surface area contributed by atoms with E-state index < -0.39 is 0 Å². The number of ether oxygens (including phenoxy) is 2. The van der Waals surface area contributed by atoms with Gasteiger partial charge in [-0.05, 0) is 118 Å². The van der Waals surface area contributed by atoms with Crippen LogP contribution >= 0.6 is 0 Å². The predicted octanol–water partition coefficient (Wildman–Crippen LogP) is 14.3. The number of benzene rings is 6. The number of allylic oxidation sites excluding steroid dienone is 8. The van der Waals surface area contributed by atoms with Crippen molar-refractivity contribution in [3.63, 3.8) is 0 Å². The van der Waals surface area contributed by atoms with Crippen LogP contribution in [0.15, 0.2) is 193 Å². The summed E-state index contributed by atoms with van der Waals surface area (Å²) in [5.74, 6) is 3.74. The summed E-state index contributed by atoms with van der Waals surface area (Å²) in [6.07, 6.45) is 20.1. The van der Waals surface area contributed by atoms with Crippen LogP contribution in [0.1, 0.15) is 60.5 Å². The lowest BCUT2D eigenvalue weighted by Crippen LogP contribution is -2.35. The van der Waals surface area contributed by atoms with Crippen molar-refractivity contribution in [1.82, 2.24) is 0 Å². The van der Waals surface area contributed by atoms with Gasteiger partial charge in [-0.3, -0.25) is 0 Å². The van der Waals surface area contributed by atoms with Crippen LogP contribution in [0.4, 0.5) is 22.7 Å². The highest BCUT2D eigenvalue weighted by atomic mass is 16.5. The molecular formula is C55H42N2O2. The Hall–Kier alpha value is -7.04. The van der Waals surface area contributed by atoms with Crippen molar-refractivity contribution in [3.05, 3.63) is 221 Å². The summed E-state index contributed by atoms with van der Waals surface area (Å²) in [5.41, 5.74) is 17.2. The van der Waals surface area contributed by atoms with Crippen LogP contribution in [-0.4, -0.2) is 0 Å². The van der Waals surface area contributed by atoms with Crippen LogP contribution in [0.2, 0.25) is 0 Å². The predicted molar refractivity (Wildman–Crippen MR) is 241 cm³/mol. The Morgan fingerprint density at radius 3 is 2.10 bits per heavy atom. The van der Waals surface area contributed by atoms with Gasteiger partial charge in [-0.1, -0.05) is 141 Å². The van der Waals surface area contributed by atoms with Crippen molar-refractivity contribution >= 4 is 34.4 Å². The first-order valence-electron chi connectivity index (χ1n) is 20.8. The first-order valence-corrected chi connectivity index (χ1v) is 20.8. The van der Waals surface area contributed by atoms with Gasteiger partial charge in [0.05, 0.1) is 28.8 Å². The number of rotatable bonds is 4. The molecule has 0 fully saturated rings. The average Bonchev–Trinajstić information content (AvgIpc) is 3.50. The minimum absolute atomic E-state index is 0.0401. The van der Waals surface area contributed by atoms with Crippen molar-refractivity contribution in [1.29, 1.82) is 0 Å². The monoisotopic (exact) mass is 762 g/mol. The summed E-state index contributed by atoms with van der Waals surface area (Å²) in [7, 11) is 0. The molecule has 12 rings (SSSR count). The van der Waals surface area contributed by atoms with Gasteiger partial charge in [0, 0.05) is 17.0 Å². The third-order valence-electron chi connectivity index (χ3n) is 13.1. The zero-order valence-corrected chi connectivity index (χ0v) is 33.1. The highest BCUT2D eigenvalue weighted by Gasteiger charge is 2.41. The molecule has 4 heteroatoms. The lowest BCUT2D eigenvalue weighted by atomic mass is 9.72. The Kier molecular flexibility index (Phi) is 7.49. The van der Waals surface area contributed by atoms with Gasteiger partial charge in [0.15, 0.2) is 17.2 Å². The molecule has 2 aliphatic heterocycles. The normalized spacial score (nSPS) is 19.8. The van der Waals surface area contributed by atoms with E-state index >= 15 is 0 Å². The molecule has 0 radical (unpaired) electrons. The Balaban J connectivity index is 0.919. The largest absolute Gasteiger partial charge is 0.453 e. The molecule has 4 nitrogen and oxygen atoms in total. The second-order valence-corrected chi connectivity index (χ2v) is 16.7. The van der Waals surface area contributed by atoms with E-state index in [1.807, 2.05) is 0 Å². The van der Waals surface area contributed by atoms with Crippen LogP contribution < -0.4 is 19.3 Å². The van der Waals surface area contributed by atoms with Gasteiger partial charge in [0.2, 0.25) is 0 Å². The summed E-state index contributed by atoms with van der Waals surface area (Å²) < 4.78 is 12.8. The third-order valence-corrected chi connectivity index (χ3v) is 13.1. The van der Waals surface area contributed by atoms with E-state index in [2.05, 4.69) is 206 Å². The Labute approximate surface area is 345 Å². The first-order chi connectivity index (χ1) is 29.0. The molecule has 0 bridgehead atoms. The van der Waals surface area contributed by atoms with Crippen LogP contribution in [0.3, 0.4) is 0 Å². The lowest BCUT2D eigenvalue weighted by molar-refractivity contribution is 0.421. The first kappa shape index (κ1) is 34.0. The molecule has 0 spiro atoms. The van der Waals surface area contributed by atoms with E-state index in [-0.39, 0.29) is 17.4 Å². The van der Waals surface area contributed by atoms with Crippen molar-refractivity contribution in [3.8, 4) is 28.4 Å². The fourth-order valence-electron chi connectivity index (χ4n) is 10.4. The molecule has 0 saturated carbocycles. The molecule has 59 heavy (non-hydrogen) atoms. The topological polar surface area (TPSA) is 24.9 Å². The van der Waals surface area contributed by atoms with Gasteiger partial charge in [-0.25, -0.2) is 0 Å². The van der Waals surface area contributed by atoms with Gasteiger partial charge in [0.1, 0.15) is 5.76 Å². The zero-order chi connectivity index (χ0) is 39.2. The van der Waals surface area contributed by atoms with Gasteiger partial charge in [-0.2, -0.15) is 0 Å². The second-order valence-electron chi connectivity index (χ2n) is 16.7. The van der Waals surface area contributed by atoms with Crippen molar-refractivity contribution in [2.45, 2.75) is 38.1 Å². The summed E-state index contributed by atoms with van der Waals surface area (Å²) in [4.78, 5) is 4.93. The minimum Gasteiger partial charge on any atom is -0.453 e. The van der Waals surface area contributed by atoms with Gasteiger partial charge in [0.25, 0.3) is 0 Å². The number of fused-ring (bicyclic) bond motifs is 8. The molecule has 2 atom stereocenters. The molecule has 6 aliphatic rings. The maximum absolute atomic E-state index is 6.46. The quantitative estimate of drug-likeness (QED) is 0.179. The van der Waals surface area contributed by atoms with Crippen molar-refractivity contribution in [2.75, 3.05) is 9.80 Å². The SMILES string of the molecule is CC1(C)c2cc(/C=C/C3=C4C=CC=CC4C(N4c5ccccc5Oc5ccccc54)c4ccccc43)ccc2-c2ccc(N3C4=C(C=CCC4)Oc4ccccc43)cc21. The number of nitrogens with zero attached hydrogens (tertiary/aromatic N) is 2. The van der Waals surface area contributed by atoms with Crippen molar-refractivity contribution in [2.24, 2.45) is 5.92 Å². The summed E-state index contributed by atoms with van der Waals surface area (Å²) in [6, 6.07) is 48.4. The zero-order valence-electron chi connectivity index (χ0n) is 33.1. The molecule has 0 aromatic heterocycles. The summed E-state index contributed by atoms with van der Waals surface area (Å²) >= 11 is 0. The molecule has 2 heterocycles. The van der Waals surface area contributed by atoms with Gasteiger partial charge in [-0.15, -0.1) is 0 Å². The molecule has 0 saturated heterocycles. The van der Waals surface area contributed by atoms with Crippen LogP contribution in [0.5, 0.6) is 17.2 Å². The highest BCUT2D eigenvalue weighted by Crippen LogP contribution is 2.57. The van der Waals surface area contributed by atoms with Gasteiger partial charge < -0.3 is 19.3 Å². The molecule has 6 aromatic rings. The number of hydrogen-bond acceptors (Lipinski definition) is 4. The Morgan fingerprint density at radius 1 is 0.627 bits per heavy atom. The van der Waals surface area contributed by atoms with Crippen LogP contribution in [-0.2, 0) is 5.41 Å². The van der Waals surface area contributed by atoms with E-state index in [9.17, 15) is 0 Å². The third kappa shape index (κ3) is 5.15. The minimum atomic E-state index is -0.181. The maximum Gasteiger partial charge on any atom is 0.151 e. The van der Waals surface area contributed by atoms with E-state index in [1.54, 1.807) is 0 Å². The van der Waals surface area contributed by atoms with E-state index in [0.717, 1.165) is 52.9 Å². The fourth-order valence-corrected chi connectivity index (χ4v) is 10.4. The van der Waals surface area contributed by atoms with Gasteiger partial charge >= 0.3 is 0 Å². The molecule has 284 valence electrons. The fraction of sp³-hybridized carbons (Fsp3) is 0.127. The maximum atomic E-state index is 6.46. The molecule has 0 N–H and O–H groups in total. The molecule has 0 amide bonds. The van der Waals surface area contributed by atoms with E-state index in [1.165, 1.54) is 61.5 Å². The number of hydrogen-bond donors (Lipinski definition) is 0. The Morgan fingerprint density at radius 2 is 1.31 bits per heavy atom. The smallest absolute Gasteiger partial charge is 0.151 e. The number of anilines is 4. The van der Waals surface area contributed by atoms with E-state index in [4.69, 9.17) is 9.47 Å². The molecule has 6 aromatic carbocycles. The summed E-state index contributed by atoms with van der Waals surface area (Å²) in [5, 5.41) is 0. The highest BCUT2D eigenvalue weighted by molar-refractivity contribution is 5.91. The van der Waals surface area contributed by atoms with Crippen LogP contribution in [0, 0.1) is 5.92 Å². The summed E-state index contributed by atoms with van der Waals surface area (Å²) in [6.45, 7) is 4.76. The second kappa shape index (κ2) is 13.0. The average molecular weight is 763 g/mol. The standard InChI is InChI=1S/C55H42N2O2/c1-55(2)44-33-35(28-31-40(44)41-32-29-36(34-45(41)55)56-46-19-7-11-23-50(46)58-51-24-12-8-20-47(51)56)27-30-39-37-15-3-5-17-42(37)54(43-18-6-4-16-38(39)43)57-48-21-9-13-25-52(48)59-53-26-14-10-22-49(53)57/h3-7,9-19,21-34,42,54H,8,20H2,1-2H3/b30-27+. The number of para-hydroxylation sites is 6. The van der Waals surface area contributed by atoms with Crippen molar-refractivity contribution < 1.29 is 9.47 Å².